The van der Waals surface area contributed by atoms with Crippen molar-refractivity contribution in [2.45, 2.75) is 46.0 Å². The zero-order valence-electron chi connectivity index (χ0n) is 9.15. The van der Waals surface area contributed by atoms with Crippen molar-refractivity contribution in [1.82, 2.24) is 0 Å². The molecule has 0 aliphatic heterocycles. The van der Waals surface area contributed by atoms with Crippen LogP contribution in [0.5, 0.6) is 0 Å². The maximum Gasteiger partial charge on any atom is 2.00 e. The molecular formula is C10H17NO3W+2. The van der Waals surface area contributed by atoms with E-state index in [2.05, 4.69) is 18.5 Å². The van der Waals surface area contributed by atoms with Crippen molar-refractivity contribution >= 4 is 5.71 Å². The fourth-order valence-electron chi connectivity index (χ4n) is 0.884. The van der Waals surface area contributed by atoms with Crippen LogP contribution in [0.3, 0.4) is 0 Å². The van der Waals surface area contributed by atoms with Crippen molar-refractivity contribution in [1.29, 1.82) is 0 Å². The summed E-state index contributed by atoms with van der Waals surface area (Å²) in [6, 6.07) is 0. The van der Waals surface area contributed by atoms with Gasteiger partial charge in [-0.3, -0.25) is 0 Å². The van der Waals surface area contributed by atoms with Crippen molar-refractivity contribution in [3.05, 3.63) is 13.3 Å². The van der Waals surface area contributed by atoms with E-state index in [4.69, 9.17) is 14.5 Å². The smallest absolute Gasteiger partial charge is 2.00 e. The number of hydrogen-bond acceptors (Lipinski definition) is 2. The topological polar surface area (TPSA) is 72.4 Å². The number of rotatable bonds is 0. The molecule has 0 atom stereocenters. The van der Waals surface area contributed by atoms with Gasteiger partial charge in [-0.15, -0.1) is 0 Å². The van der Waals surface area contributed by atoms with Gasteiger partial charge < -0.3 is 5.21 Å². The molecule has 0 unspecified atom stereocenters. The Kier molecular flexibility index (Phi) is 46.8. The summed E-state index contributed by atoms with van der Waals surface area (Å²) in [5.41, 5.74) is 0.685. The maximum atomic E-state index is 7.73. The van der Waals surface area contributed by atoms with Crippen molar-refractivity contribution < 1.29 is 35.6 Å². The summed E-state index contributed by atoms with van der Waals surface area (Å²) in [6.07, 6.45) is 7.50. The number of nitrogens with zero attached hydrogens (tertiary/aromatic N) is 1. The van der Waals surface area contributed by atoms with Crippen LogP contribution in [-0.2, 0) is 30.4 Å². The van der Waals surface area contributed by atoms with Crippen LogP contribution < -0.4 is 0 Å². The van der Waals surface area contributed by atoms with Gasteiger partial charge in [0, 0.05) is 0 Å². The van der Waals surface area contributed by atoms with Gasteiger partial charge in [-0.25, -0.2) is 0 Å². The molecule has 0 radical (unpaired) electrons. The van der Waals surface area contributed by atoms with E-state index >= 15 is 0 Å². The normalized spacial score (nSPS) is 10.5. The quantitative estimate of drug-likeness (QED) is 0.226. The summed E-state index contributed by atoms with van der Waals surface area (Å²) < 4.78 is 15.0. The summed E-state index contributed by atoms with van der Waals surface area (Å²) in [5.74, 6) is 0. The molecule has 0 saturated heterocycles. The van der Waals surface area contributed by atoms with Crippen molar-refractivity contribution in [2.24, 2.45) is 5.16 Å². The first kappa shape index (κ1) is 24.1. The molecule has 0 heterocycles. The minimum absolute atomic E-state index is 0. The van der Waals surface area contributed by atoms with Crippen molar-refractivity contribution in [2.75, 3.05) is 0 Å². The molecule has 0 bridgehead atoms. The predicted octanol–water partition coefficient (Wildman–Crippen LogP) is 2.73. The SMILES string of the molecule is C1CCCC1.CC(C)=NO.[C-]#[O+].[C-]#[O+].[W+2]. The van der Waals surface area contributed by atoms with E-state index in [1.807, 2.05) is 0 Å². The van der Waals surface area contributed by atoms with Crippen molar-refractivity contribution in [3.8, 4) is 0 Å². The minimum atomic E-state index is 0. The van der Waals surface area contributed by atoms with Gasteiger partial charge in [0.1, 0.15) is 0 Å². The Bertz CT molecular complexity index is 145. The Hall–Kier alpha value is -0.362. The Labute approximate surface area is 106 Å². The number of hydrogen-bond donors (Lipinski definition) is 1. The van der Waals surface area contributed by atoms with E-state index in [-0.39, 0.29) is 21.1 Å². The van der Waals surface area contributed by atoms with Crippen LogP contribution in [0.4, 0.5) is 0 Å². The second-order valence-electron chi connectivity index (χ2n) is 2.81. The second-order valence-corrected chi connectivity index (χ2v) is 2.81. The van der Waals surface area contributed by atoms with E-state index in [1.54, 1.807) is 13.8 Å². The van der Waals surface area contributed by atoms with E-state index in [9.17, 15) is 0 Å². The van der Waals surface area contributed by atoms with E-state index in [1.165, 1.54) is 32.1 Å². The molecule has 0 aromatic carbocycles. The van der Waals surface area contributed by atoms with Gasteiger partial charge in [0.15, 0.2) is 0 Å². The molecule has 1 N–H and O–H groups in total. The maximum absolute atomic E-state index is 7.73. The second kappa shape index (κ2) is 29.2. The average molecular weight is 383 g/mol. The molecule has 1 aliphatic carbocycles. The molecular weight excluding hydrogens is 366 g/mol. The van der Waals surface area contributed by atoms with Crippen LogP contribution in [0.25, 0.3) is 0 Å². The summed E-state index contributed by atoms with van der Waals surface area (Å²) in [6.45, 7) is 12.4. The third-order valence-electron chi connectivity index (χ3n) is 1.45. The van der Waals surface area contributed by atoms with Gasteiger partial charge in [0.25, 0.3) is 0 Å². The van der Waals surface area contributed by atoms with E-state index < -0.39 is 0 Å². The third-order valence-corrected chi connectivity index (χ3v) is 1.45. The summed E-state index contributed by atoms with van der Waals surface area (Å²) in [5, 5.41) is 10.5. The molecule has 1 aliphatic rings. The van der Waals surface area contributed by atoms with Gasteiger partial charge in [-0.2, -0.15) is 0 Å². The number of oxime groups is 1. The Morgan fingerprint density at radius 3 is 1.13 bits per heavy atom. The molecule has 4 nitrogen and oxygen atoms in total. The fourth-order valence-corrected chi connectivity index (χ4v) is 0.884. The summed E-state index contributed by atoms with van der Waals surface area (Å²) >= 11 is 0. The largest absolute Gasteiger partial charge is 2.00 e. The van der Waals surface area contributed by atoms with Crippen LogP contribution >= 0.6 is 0 Å². The molecule has 0 aromatic rings. The summed E-state index contributed by atoms with van der Waals surface area (Å²) in [7, 11) is 0. The zero-order chi connectivity index (χ0) is 11.8. The van der Waals surface area contributed by atoms with Gasteiger partial charge in [-0.1, -0.05) is 37.3 Å². The van der Waals surface area contributed by atoms with Crippen molar-refractivity contribution in [3.63, 3.8) is 0 Å². The molecule has 0 aromatic heterocycles. The van der Waals surface area contributed by atoms with E-state index in [0.717, 1.165) is 0 Å². The Morgan fingerprint density at radius 1 is 0.933 bits per heavy atom. The first-order valence-electron chi connectivity index (χ1n) is 4.33. The molecule has 0 spiro atoms. The van der Waals surface area contributed by atoms with Gasteiger partial charge >= 0.3 is 43.7 Å². The molecule has 1 rings (SSSR count). The van der Waals surface area contributed by atoms with Crippen LogP contribution in [0.1, 0.15) is 46.0 Å². The first-order chi connectivity index (χ1) is 6.77. The van der Waals surface area contributed by atoms with Gasteiger partial charge in [0.05, 0.1) is 5.71 Å². The molecule has 5 heteroatoms. The first-order valence-corrected chi connectivity index (χ1v) is 4.33. The van der Waals surface area contributed by atoms with Gasteiger partial charge in [0.2, 0.25) is 0 Å². The van der Waals surface area contributed by atoms with Crippen LogP contribution in [0.15, 0.2) is 5.16 Å². The van der Waals surface area contributed by atoms with Crippen LogP contribution in [-0.4, -0.2) is 10.9 Å². The van der Waals surface area contributed by atoms with E-state index in [0.29, 0.717) is 5.71 Å². The Morgan fingerprint density at radius 2 is 1.07 bits per heavy atom. The summed E-state index contributed by atoms with van der Waals surface area (Å²) in [4.78, 5) is 0. The van der Waals surface area contributed by atoms with Crippen LogP contribution in [0.2, 0.25) is 0 Å². The fraction of sp³-hybridized carbons (Fsp3) is 0.700. The zero-order valence-corrected chi connectivity index (χ0v) is 12.1. The minimum Gasteiger partial charge on any atom is 2.00 e. The molecule has 1 fully saturated rings. The average Bonchev–Trinajstić information content (AvgIpc) is 2.82. The third kappa shape index (κ3) is 41.9. The molecule has 0 amide bonds. The monoisotopic (exact) mass is 383 g/mol. The molecule has 1 saturated carbocycles. The molecule has 84 valence electrons. The van der Waals surface area contributed by atoms with Gasteiger partial charge in [-0.05, 0) is 13.8 Å². The Balaban J connectivity index is -0.0000000580. The predicted molar refractivity (Wildman–Crippen MR) is 51.5 cm³/mol. The van der Waals surface area contributed by atoms with Crippen LogP contribution in [0, 0.1) is 13.3 Å². The standard InChI is InChI=1S/C5H10.C3H7NO.2CO.W/c1-2-4-5-3-1;1-3(2)4-5;2*1-2;/h1-5H2;5H,1-2H3;;;/q;;;;+2. The molecule has 15 heavy (non-hydrogen) atoms.